The Labute approximate surface area is 81.0 Å². The smallest absolute Gasteiger partial charge is 0.0743 e. The van der Waals surface area contributed by atoms with Gasteiger partial charge in [-0.05, 0) is 25.2 Å². The van der Waals surface area contributed by atoms with Crippen molar-refractivity contribution < 1.29 is 4.74 Å². The number of hydrogen-bond donors (Lipinski definition) is 1. The predicted molar refractivity (Wildman–Crippen MR) is 53.8 cm³/mol. The van der Waals surface area contributed by atoms with Crippen molar-refractivity contribution in [3.63, 3.8) is 0 Å². The van der Waals surface area contributed by atoms with Gasteiger partial charge in [-0.15, -0.1) is 0 Å². The third kappa shape index (κ3) is 1.89. The largest absolute Gasteiger partial charge is 0.376 e. The van der Waals surface area contributed by atoms with Crippen molar-refractivity contribution in [1.82, 2.24) is 5.32 Å². The molecule has 2 fully saturated rings. The molecule has 2 heterocycles. The van der Waals surface area contributed by atoms with Gasteiger partial charge in [-0.25, -0.2) is 0 Å². The number of rotatable bonds is 3. The molecule has 0 bridgehead atoms. The molecule has 0 radical (unpaired) electrons. The van der Waals surface area contributed by atoms with Crippen molar-refractivity contribution in [1.29, 1.82) is 0 Å². The summed E-state index contributed by atoms with van der Waals surface area (Å²) in [5.74, 6) is 0.819. The zero-order valence-electron chi connectivity index (χ0n) is 8.75. The molecule has 4 unspecified atom stereocenters. The van der Waals surface area contributed by atoms with E-state index >= 15 is 0 Å². The molecule has 1 N–H and O–H groups in total. The lowest BCUT2D eigenvalue weighted by atomic mass is 9.95. The van der Waals surface area contributed by atoms with Gasteiger partial charge < -0.3 is 10.1 Å². The van der Waals surface area contributed by atoms with E-state index in [0.717, 1.165) is 18.6 Å². The molecule has 2 heteroatoms. The lowest BCUT2D eigenvalue weighted by Crippen LogP contribution is -2.34. The van der Waals surface area contributed by atoms with Crippen LogP contribution >= 0.6 is 0 Å². The SMILES string of the molecule is CCCC(C)C1CC2OCCC2N1. The second-order valence-corrected chi connectivity index (χ2v) is 4.58. The summed E-state index contributed by atoms with van der Waals surface area (Å²) >= 11 is 0. The van der Waals surface area contributed by atoms with Gasteiger partial charge in [-0.1, -0.05) is 20.3 Å². The summed E-state index contributed by atoms with van der Waals surface area (Å²) in [6.45, 7) is 5.60. The Bertz CT molecular complexity index is 159. The Balaban J connectivity index is 1.84. The van der Waals surface area contributed by atoms with Crippen LogP contribution in [-0.4, -0.2) is 24.8 Å². The van der Waals surface area contributed by atoms with E-state index in [9.17, 15) is 0 Å². The molecule has 0 aliphatic carbocycles. The fourth-order valence-corrected chi connectivity index (χ4v) is 2.72. The van der Waals surface area contributed by atoms with Crippen molar-refractivity contribution >= 4 is 0 Å². The highest BCUT2D eigenvalue weighted by Gasteiger charge is 2.39. The molecule has 2 rings (SSSR count). The van der Waals surface area contributed by atoms with Crippen LogP contribution in [0.2, 0.25) is 0 Å². The minimum atomic E-state index is 0.532. The van der Waals surface area contributed by atoms with Gasteiger partial charge in [0.2, 0.25) is 0 Å². The number of ether oxygens (including phenoxy) is 1. The standard InChI is InChI=1S/C11H21NO/c1-3-4-8(2)10-7-11-9(12-10)5-6-13-11/h8-12H,3-7H2,1-2H3. The first-order valence-corrected chi connectivity index (χ1v) is 5.69. The maximum Gasteiger partial charge on any atom is 0.0743 e. The molecule has 0 saturated carbocycles. The lowest BCUT2D eigenvalue weighted by molar-refractivity contribution is 0.107. The topological polar surface area (TPSA) is 21.3 Å². The third-order valence-corrected chi connectivity index (χ3v) is 3.55. The average Bonchev–Trinajstić information content (AvgIpc) is 2.61. The highest BCUT2D eigenvalue weighted by Crippen LogP contribution is 2.29. The number of nitrogens with one attached hydrogen (secondary N) is 1. The van der Waals surface area contributed by atoms with E-state index in [-0.39, 0.29) is 0 Å². The minimum absolute atomic E-state index is 0.532. The molecule has 0 spiro atoms. The van der Waals surface area contributed by atoms with Gasteiger partial charge in [0.1, 0.15) is 0 Å². The lowest BCUT2D eigenvalue weighted by Gasteiger charge is -2.19. The van der Waals surface area contributed by atoms with Crippen molar-refractivity contribution in [2.24, 2.45) is 5.92 Å². The van der Waals surface area contributed by atoms with E-state index in [4.69, 9.17) is 4.74 Å². The Hall–Kier alpha value is -0.0800. The summed E-state index contributed by atoms with van der Waals surface area (Å²) in [5.41, 5.74) is 0. The highest BCUT2D eigenvalue weighted by molar-refractivity contribution is 4.96. The Kier molecular flexibility index (Phi) is 2.89. The van der Waals surface area contributed by atoms with E-state index in [1.807, 2.05) is 0 Å². The molecule has 2 nitrogen and oxygen atoms in total. The van der Waals surface area contributed by atoms with Gasteiger partial charge in [-0.2, -0.15) is 0 Å². The molecule has 4 atom stereocenters. The molecule has 0 aromatic carbocycles. The Morgan fingerprint density at radius 2 is 2.38 bits per heavy atom. The van der Waals surface area contributed by atoms with Gasteiger partial charge in [-0.3, -0.25) is 0 Å². The third-order valence-electron chi connectivity index (χ3n) is 3.55. The molecular formula is C11H21NO. The molecule has 0 amide bonds. The van der Waals surface area contributed by atoms with Gasteiger partial charge in [0.25, 0.3) is 0 Å². The maximum absolute atomic E-state index is 5.67. The maximum atomic E-state index is 5.67. The van der Waals surface area contributed by atoms with E-state index in [1.165, 1.54) is 25.7 Å². The zero-order chi connectivity index (χ0) is 9.26. The van der Waals surface area contributed by atoms with Crippen LogP contribution in [0.5, 0.6) is 0 Å². The van der Waals surface area contributed by atoms with E-state index in [1.54, 1.807) is 0 Å². The van der Waals surface area contributed by atoms with Gasteiger partial charge in [0, 0.05) is 18.7 Å². The van der Waals surface area contributed by atoms with Crippen LogP contribution in [0.15, 0.2) is 0 Å². The highest BCUT2D eigenvalue weighted by atomic mass is 16.5. The molecule has 13 heavy (non-hydrogen) atoms. The van der Waals surface area contributed by atoms with Crippen LogP contribution in [0.25, 0.3) is 0 Å². The van der Waals surface area contributed by atoms with Crippen LogP contribution in [0.4, 0.5) is 0 Å². The summed E-state index contributed by atoms with van der Waals surface area (Å²) in [5, 5.41) is 3.71. The molecule has 76 valence electrons. The molecule has 2 aliphatic rings. The molecular weight excluding hydrogens is 162 g/mol. The monoisotopic (exact) mass is 183 g/mol. The Morgan fingerprint density at radius 1 is 1.54 bits per heavy atom. The summed E-state index contributed by atoms with van der Waals surface area (Å²) in [6.07, 6.45) is 5.64. The zero-order valence-corrected chi connectivity index (χ0v) is 8.75. The van der Waals surface area contributed by atoms with Gasteiger partial charge >= 0.3 is 0 Å². The van der Waals surface area contributed by atoms with Crippen molar-refractivity contribution in [3.05, 3.63) is 0 Å². The summed E-state index contributed by atoms with van der Waals surface area (Å²) in [4.78, 5) is 0. The summed E-state index contributed by atoms with van der Waals surface area (Å²) < 4.78 is 5.67. The number of hydrogen-bond acceptors (Lipinski definition) is 2. The van der Waals surface area contributed by atoms with Crippen LogP contribution in [-0.2, 0) is 4.74 Å². The number of fused-ring (bicyclic) bond motifs is 1. The van der Waals surface area contributed by atoms with Gasteiger partial charge in [0.15, 0.2) is 0 Å². The first-order valence-electron chi connectivity index (χ1n) is 5.69. The van der Waals surface area contributed by atoms with E-state index < -0.39 is 0 Å². The first kappa shape index (κ1) is 9.47. The average molecular weight is 183 g/mol. The normalized spacial score (nSPS) is 40.6. The second kappa shape index (κ2) is 3.97. The first-order chi connectivity index (χ1) is 6.31. The molecule has 2 saturated heterocycles. The molecule has 0 aromatic heterocycles. The van der Waals surface area contributed by atoms with E-state index in [2.05, 4.69) is 19.2 Å². The van der Waals surface area contributed by atoms with E-state index in [0.29, 0.717) is 12.1 Å². The predicted octanol–water partition coefficient (Wildman–Crippen LogP) is 1.94. The molecule has 0 aromatic rings. The summed E-state index contributed by atoms with van der Waals surface area (Å²) in [7, 11) is 0. The van der Waals surface area contributed by atoms with Crippen LogP contribution in [0, 0.1) is 5.92 Å². The fourth-order valence-electron chi connectivity index (χ4n) is 2.72. The van der Waals surface area contributed by atoms with Crippen molar-refractivity contribution in [3.8, 4) is 0 Å². The minimum Gasteiger partial charge on any atom is -0.376 e. The van der Waals surface area contributed by atoms with Crippen LogP contribution in [0.1, 0.15) is 39.5 Å². The second-order valence-electron chi connectivity index (χ2n) is 4.58. The fraction of sp³-hybridized carbons (Fsp3) is 1.00. The van der Waals surface area contributed by atoms with Crippen LogP contribution < -0.4 is 5.32 Å². The summed E-state index contributed by atoms with van der Waals surface area (Å²) in [6, 6.07) is 1.39. The van der Waals surface area contributed by atoms with Crippen molar-refractivity contribution in [2.45, 2.75) is 57.7 Å². The van der Waals surface area contributed by atoms with Crippen LogP contribution in [0.3, 0.4) is 0 Å². The quantitative estimate of drug-likeness (QED) is 0.722. The van der Waals surface area contributed by atoms with Crippen molar-refractivity contribution in [2.75, 3.05) is 6.61 Å². The van der Waals surface area contributed by atoms with Gasteiger partial charge in [0.05, 0.1) is 6.10 Å². The molecule has 2 aliphatic heterocycles. The Morgan fingerprint density at radius 3 is 3.08 bits per heavy atom.